The molecule has 0 heterocycles. The number of nitrogens with zero attached hydrogens (tertiary/aromatic N) is 10. The first-order chi connectivity index (χ1) is 26.1. The quantitative estimate of drug-likeness (QED) is 0.144. The third-order valence-corrected chi connectivity index (χ3v) is 9.91. The Labute approximate surface area is 325 Å². The van der Waals surface area contributed by atoms with Gasteiger partial charge in [-0.15, -0.1) is 0 Å². The molecule has 278 valence electrons. The number of rotatable bonds is 12. The lowest BCUT2D eigenvalue weighted by molar-refractivity contribution is 0.269. The van der Waals surface area contributed by atoms with Crippen LogP contribution in [0.1, 0.15) is 80.1 Å². The second kappa shape index (κ2) is 18.3. The van der Waals surface area contributed by atoms with E-state index in [1.54, 1.807) is 0 Å². The van der Waals surface area contributed by atoms with Crippen LogP contribution in [0.25, 0.3) is 9.69 Å². The summed E-state index contributed by atoms with van der Waals surface area (Å²) < 4.78 is 0. The Bertz CT molecular complexity index is 1880. The van der Waals surface area contributed by atoms with Crippen LogP contribution < -0.4 is 16.0 Å². The first kappa shape index (κ1) is 42.6. The zero-order chi connectivity index (χ0) is 41.0. The van der Waals surface area contributed by atoms with E-state index in [-0.39, 0.29) is 33.2 Å². The lowest BCUT2D eigenvalue weighted by atomic mass is 9.73. The van der Waals surface area contributed by atoms with E-state index < -0.39 is 0 Å². The average molecular weight is 732 g/mol. The van der Waals surface area contributed by atoms with Crippen LogP contribution in [0.15, 0.2) is 67.5 Å². The van der Waals surface area contributed by atoms with Gasteiger partial charge in [-0.25, -0.2) is 20.2 Å². The molecule has 0 aliphatic heterocycles. The Hall–Kier alpha value is -6.79. The maximum absolute atomic E-state index is 10.1. The molecule has 0 atom stereocenters. The smallest absolute Gasteiger partial charge is 0.266 e. The highest BCUT2D eigenvalue weighted by Gasteiger charge is 2.35. The van der Waals surface area contributed by atoms with Crippen molar-refractivity contribution in [3.8, 4) is 42.5 Å². The van der Waals surface area contributed by atoms with Crippen LogP contribution in [0.2, 0.25) is 0 Å². The van der Waals surface area contributed by atoms with Crippen LogP contribution in [-0.4, -0.2) is 44.2 Å². The summed E-state index contributed by atoms with van der Waals surface area (Å²) >= 11 is 0. The van der Waals surface area contributed by atoms with Gasteiger partial charge in [0, 0.05) is 61.9 Å². The molecule has 0 fully saturated rings. The van der Waals surface area contributed by atoms with E-state index >= 15 is 0 Å². The highest BCUT2D eigenvalue weighted by molar-refractivity contribution is 5.58. The van der Waals surface area contributed by atoms with Crippen molar-refractivity contribution >= 4 is 0 Å². The standard InChI is InChI=1S/C42H45N13/c1-40(2)15-29(28(21-43)22-44)32(23-45)35(18-40)52-9-12-55(13-10-53-36-19-41(3,4)16-30(33(36)24-46)38(26-48)50-7)14-11-54-37-20-42(5,6)17-31(34(37)25-47)39(27-49)51-8/h52-54H,9-20H2,1-6H3/b38-30+,39-31+. The summed E-state index contributed by atoms with van der Waals surface area (Å²) in [5.41, 5.74) is 3.27. The Kier molecular flexibility index (Phi) is 14.2. The minimum Gasteiger partial charge on any atom is -0.386 e. The lowest BCUT2D eigenvalue weighted by Gasteiger charge is -2.35. The fourth-order valence-corrected chi connectivity index (χ4v) is 7.52. The van der Waals surface area contributed by atoms with Gasteiger partial charge in [0.1, 0.15) is 23.8 Å². The van der Waals surface area contributed by atoms with Crippen LogP contribution >= 0.6 is 0 Å². The van der Waals surface area contributed by atoms with Gasteiger partial charge >= 0.3 is 0 Å². The second-order valence-corrected chi connectivity index (χ2v) is 16.3. The van der Waals surface area contributed by atoms with Crippen molar-refractivity contribution in [2.24, 2.45) is 16.2 Å². The summed E-state index contributed by atoms with van der Waals surface area (Å²) in [6.45, 7) is 30.1. The molecule has 0 bridgehead atoms. The van der Waals surface area contributed by atoms with Crippen LogP contribution in [0.5, 0.6) is 0 Å². The van der Waals surface area contributed by atoms with E-state index in [9.17, 15) is 36.8 Å². The van der Waals surface area contributed by atoms with Crippen LogP contribution in [0.4, 0.5) is 0 Å². The number of hydrogen-bond acceptors (Lipinski definition) is 11. The zero-order valence-electron chi connectivity index (χ0n) is 32.5. The maximum atomic E-state index is 10.1. The molecule has 13 heteroatoms. The molecule has 0 spiro atoms. The molecule has 0 radical (unpaired) electrons. The van der Waals surface area contributed by atoms with Gasteiger partial charge < -0.3 is 16.0 Å². The molecule has 3 aliphatic rings. The van der Waals surface area contributed by atoms with E-state index in [2.05, 4.69) is 48.7 Å². The average Bonchev–Trinajstić information content (AvgIpc) is 3.12. The van der Waals surface area contributed by atoms with E-state index in [1.807, 2.05) is 65.8 Å². The minimum atomic E-state index is -0.289. The third-order valence-electron chi connectivity index (χ3n) is 9.91. The SMILES string of the molecule is [C-]#[N+]/C(C#N)=C1\CC(C)(C)CC(NCCN(CCNC2=C(C#N)C(=C(C#N)C#N)CC(C)(C)C2)CCNC2=C(C#N)/C(=C(\C#N)[N+]#[C-])CC(C)(C)C2)=C1C#N. The molecule has 3 N–H and O–H groups in total. The second-order valence-electron chi connectivity index (χ2n) is 16.3. The molecule has 13 nitrogen and oxygen atoms in total. The summed E-state index contributed by atoms with van der Waals surface area (Å²) in [5.74, 6) is 0. The Morgan fingerprint density at radius 1 is 0.527 bits per heavy atom. The van der Waals surface area contributed by atoms with Crippen molar-refractivity contribution in [1.82, 2.24) is 20.9 Å². The summed E-state index contributed by atoms with van der Waals surface area (Å²) in [5, 5.41) is 79.0. The molecule has 0 aromatic rings. The molecule has 0 amide bonds. The van der Waals surface area contributed by atoms with Gasteiger partial charge in [-0.05, 0) is 65.9 Å². The lowest BCUT2D eigenvalue weighted by Crippen LogP contribution is -2.42. The highest BCUT2D eigenvalue weighted by Crippen LogP contribution is 2.44. The van der Waals surface area contributed by atoms with Crippen molar-refractivity contribution < 1.29 is 0 Å². The molecule has 0 saturated carbocycles. The molecular formula is C42H45N13. The fourth-order valence-electron chi connectivity index (χ4n) is 7.52. The first-order valence-corrected chi connectivity index (χ1v) is 18.0. The summed E-state index contributed by atoms with van der Waals surface area (Å²) in [7, 11) is 0. The van der Waals surface area contributed by atoms with Gasteiger partial charge in [-0.3, -0.25) is 4.90 Å². The van der Waals surface area contributed by atoms with E-state index in [0.717, 1.165) is 0 Å². The van der Waals surface area contributed by atoms with Crippen LogP contribution in [0.3, 0.4) is 0 Å². The normalized spacial score (nSPS) is 20.1. The van der Waals surface area contributed by atoms with E-state index in [4.69, 9.17) is 13.1 Å². The Morgan fingerprint density at radius 2 is 0.836 bits per heavy atom. The number of allylic oxidation sites excluding steroid dienone is 12. The molecule has 3 aliphatic carbocycles. The molecule has 55 heavy (non-hydrogen) atoms. The van der Waals surface area contributed by atoms with Crippen LogP contribution in [-0.2, 0) is 0 Å². The molecule has 0 saturated heterocycles. The van der Waals surface area contributed by atoms with Crippen molar-refractivity contribution in [1.29, 1.82) is 36.8 Å². The predicted octanol–water partition coefficient (Wildman–Crippen LogP) is 6.59. The molecule has 0 aromatic carbocycles. The maximum Gasteiger partial charge on any atom is 0.266 e. The van der Waals surface area contributed by atoms with Gasteiger partial charge in [-0.1, -0.05) is 41.5 Å². The first-order valence-electron chi connectivity index (χ1n) is 18.0. The zero-order valence-corrected chi connectivity index (χ0v) is 32.5. The van der Waals surface area contributed by atoms with Crippen molar-refractivity contribution in [2.75, 3.05) is 39.3 Å². The fraction of sp³-hybridized carbons (Fsp3) is 0.500. The minimum absolute atomic E-state index is 0.0659. The third kappa shape index (κ3) is 10.6. The largest absolute Gasteiger partial charge is 0.386 e. The van der Waals surface area contributed by atoms with Gasteiger partial charge in [0.25, 0.3) is 11.4 Å². The summed E-state index contributed by atoms with van der Waals surface area (Å²) in [4.78, 5) is 8.95. The summed E-state index contributed by atoms with van der Waals surface area (Å²) in [6, 6.07) is 14.5. The monoisotopic (exact) mass is 731 g/mol. The van der Waals surface area contributed by atoms with Crippen molar-refractivity contribution in [2.45, 2.75) is 80.1 Å². The topological polar surface area (TPSA) is 215 Å². The van der Waals surface area contributed by atoms with Crippen LogP contribution in [0, 0.1) is 109 Å². The van der Waals surface area contributed by atoms with Gasteiger partial charge in [-0.2, -0.15) is 26.3 Å². The van der Waals surface area contributed by atoms with Gasteiger partial charge in [0.15, 0.2) is 0 Å². The van der Waals surface area contributed by atoms with E-state index in [0.29, 0.717) is 128 Å². The highest BCUT2D eigenvalue weighted by atomic mass is 15.2. The van der Waals surface area contributed by atoms with Gasteiger partial charge in [0.2, 0.25) is 0 Å². The number of hydrogen-bond donors (Lipinski definition) is 3. The molecular weight excluding hydrogens is 687 g/mol. The number of nitrogens with one attached hydrogen (secondary N) is 3. The number of nitriles is 7. The Balaban J connectivity index is 1.92. The molecule has 3 rings (SSSR count). The van der Waals surface area contributed by atoms with Crippen molar-refractivity contribution in [3.63, 3.8) is 0 Å². The Morgan fingerprint density at radius 3 is 1.11 bits per heavy atom. The van der Waals surface area contributed by atoms with E-state index in [1.165, 1.54) is 0 Å². The summed E-state index contributed by atoms with van der Waals surface area (Å²) in [6.07, 6.45) is 3.00. The predicted molar refractivity (Wildman–Crippen MR) is 204 cm³/mol. The molecule has 0 aromatic heterocycles. The van der Waals surface area contributed by atoms with Gasteiger partial charge in [0.05, 0.1) is 54.1 Å². The molecule has 0 unspecified atom stereocenters. The van der Waals surface area contributed by atoms with Crippen molar-refractivity contribution in [3.05, 3.63) is 90.3 Å².